The maximum atomic E-state index is 11.8. The average molecular weight is 266 g/mol. The molecule has 2 aromatic carbocycles. The zero-order valence-electron chi connectivity index (χ0n) is 10.8. The van der Waals surface area contributed by atoms with Gasteiger partial charge in [0.1, 0.15) is 12.2 Å². The largest absolute Gasteiger partial charge is 0.386 e. The molecule has 2 aliphatic rings. The molecule has 100 valence electrons. The quantitative estimate of drug-likeness (QED) is 0.769. The number of benzene rings is 2. The van der Waals surface area contributed by atoms with Crippen LogP contribution in [0.25, 0.3) is 16.8 Å². The van der Waals surface area contributed by atoms with Crippen LogP contribution < -0.4 is 0 Å². The molecule has 20 heavy (non-hydrogen) atoms. The van der Waals surface area contributed by atoms with Gasteiger partial charge < -0.3 is 10.2 Å². The molecule has 0 aliphatic heterocycles. The van der Waals surface area contributed by atoms with Gasteiger partial charge in [0.05, 0.1) is 0 Å². The van der Waals surface area contributed by atoms with Gasteiger partial charge in [0, 0.05) is 12.0 Å². The second-order valence-corrected chi connectivity index (χ2v) is 5.47. The highest BCUT2D eigenvalue weighted by Gasteiger charge is 2.26. The number of ketones is 1. The molecule has 0 heterocycles. The van der Waals surface area contributed by atoms with E-state index in [1.165, 1.54) is 0 Å². The van der Waals surface area contributed by atoms with Crippen molar-refractivity contribution in [3.8, 4) is 0 Å². The van der Waals surface area contributed by atoms with Gasteiger partial charge in [-0.25, -0.2) is 0 Å². The van der Waals surface area contributed by atoms with Crippen molar-refractivity contribution in [2.75, 3.05) is 0 Å². The standard InChI is InChI=1S/C17H14O3/c18-15-7-5-11-9-2-4-14-12(6-8-16(19)17(14)20)10(9)1-3-13(11)15/h1-4,6,8,16-17,19-20H,5,7H2/t16-,17-/m0/s1. The molecular formula is C17H14O3. The first-order valence-electron chi connectivity index (χ1n) is 6.83. The lowest BCUT2D eigenvalue weighted by molar-refractivity contribution is 0.0471. The van der Waals surface area contributed by atoms with Crippen LogP contribution in [0.2, 0.25) is 0 Å². The first-order chi connectivity index (χ1) is 9.66. The van der Waals surface area contributed by atoms with Crippen molar-refractivity contribution < 1.29 is 15.0 Å². The van der Waals surface area contributed by atoms with Gasteiger partial charge in [-0.1, -0.05) is 36.4 Å². The summed E-state index contributed by atoms with van der Waals surface area (Å²) in [6.07, 6.45) is 3.12. The number of aliphatic hydroxyl groups excluding tert-OH is 2. The number of aryl methyl sites for hydroxylation is 1. The summed E-state index contributed by atoms with van der Waals surface area (Å²) in [6.45, 7) is 0. The molecule has 0 fully saturated rings. The van der Waals surface area contributed by atoms with Gasteiger partial charge in [0.15, 0.2) is 5.78 Å². The number of aliphatic hydroxyl groups is 2. The number of hydrogen-bond donors (Lipinski definition) is 2. The Morgan fingerprint density at radius 3 is 2.65 bits per heavy atom. The number of Topliss-reactive ketones (excluding diaryl/α,β-unsaturated/α-hetero) is 1. The summed E-state index contributed by atoms with van der Waals surface area (Å²) in [5.74, 6) is 0.214. The van der Waals surface area contributed by atoms with Crippen molar-refractivity contribution in [1.82, 2.24) is 0 Å². The molecule has 2 N–H and O–H groups in total. The van der Waals surface area contributed by atoms with E-state index in [9.17, 15) is 15.0 Å². The van der Waals surface area contributed by atoms with Gasteiger partial charge in [-0.05, 0) is 33.9 Å². The molecule has 0 saturated carbocycles. The second kappa shape index (κ2) is 4.01. The first-order valence-corrected chi connectivity index (χ1v) is 6.83. The van der Waals surface area contributed by atoms with Crippen LogP contribution in [-0.2, 0) is 6.42 Å². The Labute approximate surface area is 116 Å². The zero-order chi connectivity index (χ0) is 13.9. The van der Waals surface area contributed by atoms with Crippen molar-refractivity contribution in [3.63, 3.8) is 0 Å². The summed E-state index contributed by atoms with van der Waals surface area (Å²) in [4.78, 5) is 11.8. The lowest BCUT2D eigenvalue weighted by atomic mass is 9.87. The number of rotatable bonds is 0. The predicted octanol–water partition coefficient (Wildman–Crippen LogP) is 2.39. The fourth-order valence-electron chi connectivity index (χ4n) is 3.34. The predicted molar refractivity (Wildman–Crippen MR) is 76.6 cm³/mol. The van der Waals surface area contributed by atoms with Gasteiger partial charge in [-0.3, -0.25) is 4.79 Å². The van der Waals surface area contributed by atoms with Gasteiger partial charge >= 0.3 is 0 Å². The van der Waals surface area contributed by atoms with Crippen LogP contribution >= 0.6 is 0 Å². The SMILES string of the molecule is O=C1CCc2c1ccc1c3c(ccc21)[C@H](O)[C@@H](O)C=C3. The third-order valence-corrected chi connectivity index (χ3v) is 4.39. The van der Waals surface area contributed by atoms with E-state index >= 15 is 0 Å². The highest BCUT2D eigenvalue weighted by Crippen LogP contribution is 2.37. The van der Waals surface area contributed by atoms with E-state index in [0.29, 0.717) is 6.42 Å². The van der Waals surface area contributed by atoms with E-state index in [1.54, 1.807) is 6.08 Å². The summed E-state index contributed by atoms with van der Waals surface area (Å²) in [5, 5.41) is 21.9. The molecule has 3 heteroatoms. The fraction of sp³-hybridized carbons (Fsp3) is 0.235. The minimum absolute atomic E-state index is 0.214. The summed E-state index contributed by atoms with van der Waals surface area (Å²) < 4.78 is 0. The molecule has 0 spiro atoms. The average Bonchev–Trinajstić information content (AvgIpc) is 2.84. The highest BCUT2D eigenvalue weighted by atomic mass is 16.3. The minimum Gasteiger partial charge on any atom is -0.386 e. The van der Waals surface area contributed by atoms with E-state index < -0.39 is 12.2 Å². The lowest BCUT2D eigenvalue weighted by Crippen LogP contribution is -2.19. The topological polar surface area (TPSA) is 57.5 Å². The molecule has 4 rings (SSSR count). The molecule has 2 aromatic rings. The van der Waals surface area contributed by atoms with E-state index in [0.717, 1.165) is 39.4 Å². The van der Waals surface area contributed by atoms with Gasteiger partial charge in [0.2, 0.25) is 0 Å². The number of carbonyl (C=O) groups excluding carboxylic acids is 1. The van der Waals surface area contributed by atoms with Gasteiger partial charge in [-0.2, -0.15) is 0 Å². The molecule has 0 bridgehead atoms. The molecule has 0 saturated heterocycles. The Morgan fingerprint density at radius 1 is 1.00 bits per heavy atom. The molecule has 0 unspecified atom stereocenters. The highest BCUT2D eigenvalue weighted by molar-refractivity contribution is 6.07. The van der Waals surface area contributed by atoms with Crippen molar-refractivity contribution in [2.24, 2.45) is 0 Å². The van der Waals surface area contributed by atoms with Crippen molar-refractivity contribution in [2.45, 2.75) is 25.0 Å². The Balaban J connectivity index is 2.04. The van der Waals surface area contributed by atoms with E-state index in [-0.39, 0.29) is 5.78 Å². The van der Waals surface area contributed by atoms with Crippen LogP contribution in [0.3, 0.4) is 0 Å². The van der Waals surface area contributed by atoms with Crippen LogP contribution in [0, 0.1) is 0 Å². The molecule has 2 atom stereocenters. The summed E-state index contributed by atoms with van der Waals surface area (Å²) in [6, 6.07) is 7.66. The molecule has 0 radical (unpaired) electrons. The summed E-state index contributed by atoms with van der Waals surface area (Å²) in [5.41, 5.74) is 3.64. The Bertz CT molecular complexity index is 773. The Hall–Kier alpha value is -1.97. The van der Waals surface area contributed by atoms with Crippen LogP contribution in [0.5, 0.6) is 0 Å². The van der Waals surface area contributed by atoms with Crippen LogP contribution in [0.4, 0.5) is 0 Å². The number of carbonyl (C=O) groups is 1. The molecule has 3 nitrogen and oxygen atoms in total. The van der Waals surface area contributed by atoms with Crippen molar-refractivity contribution >= 4 is 22.6 Å². The van der Waals surface area contributed by atoms with Crippen LogP contribution in [-0.4, -0.2) is 22.1 Å². The lowest BCUT2D eigenvalue weighted by Gasteiger charge is -2.23. The van der Waals surface area contributed by atoms with Gasteiger partial charge in [-0.15, -0.1) is 0 Å². The minimum atomic E-state index is -0.880. The van der Waals surface area contributed by atoms with E-state index in [2.05, 4.69) is 0 Å². The molecule has 2 aliphatic carbocycles. The maximum absolute atomic E-state index is 11.8. The van der Waals surface area contributed by atoms with Crippen LogP contribution in [0.15, 0.2) is 30.3 Å². The second-order valence-electron chi connectivity index (χ2n) is 5.47. The molecular weight excluding hydrogens is 252 g/mol. The molecule has 0 amide bonds. The Morgan fingerprint density at radius 2 is 1.80 bits per heavy atom. The fourth-order valence-corrected chi connectivity index (χ4v) is 3.34. The third-order valence-electron chi connectivity index (χ3n) is 4.39. The first kappa shape index (κ1) is 11.8. The molecule has 0 aromatic heterocycles. The summed E-state index contributed by atoms with van der Waals surface area (Å²) in [7, 11) is 0. The Kier molecular flexibility index (Phi) is 2.37. The smallest absolute Gasteiger partial charge is 0.163 e. The maximum Gasteiger partial charge on any atom is 0.163 e. The van der Waals surface area contributed by atoms with E-state index in [1.807, 2.05) is 30.3 Å². The number of hydrogen-bond acceptors (Lipinski definition) is 3. The van der Waals surface area contributed by atoms with E-state index in [4.69, 9.17) is 0 Å². The normalized spacial score (nSPS) is 24.0. The van der Waals surface area contributed by atoms with Crippen LogP contribution in [0.1, 0.15) is 39.6 Å². The monoisotopic (exact) mass is 266 g/mol. The van der Waals surface area contributed by atoms with Crippen molar-refractivity contribution in [1.29, 1.82) is 0 Å². The van der Waals surface area contributed by atoms with Gasteiger partial charge in [0.25, 0.3) is 0 Å². The number of fused-ring (bicyclic) bond motifs is 5. The zero-order valence-corrected chi connectivity index (χ0v) is 10.8. The summed E-state index contributed by atoms with van der Waals surface area (Å²) >= 11 is 0. The van der Waals surface area contributed by atoms with Crippen molar-refractivity contribution in [3.05, 3.63) is 52.6 Å². The third kappa shape index (κ3) is 1.45.